The highest BCUT2D eigenvalue weighted by molar-refractivity contribution is 7.98. The SMILES string of the molecule is CC.CC.CC.CC.CC.CC.CSc1nc(CCc2ccccc2)cc(=O)n1-c1ccccc1.Cc1c(CCc2ccccc2)nc(C)n(-c2ccccc2)c1=O.Cc1c(CCc2ccccc2)nc(S(C)(=O)=O)n(-c2ccccc2)c1=O. The van der Waals surface area contributed by atoms with Crippen molar-refractivity contribution in [3.05, 3.63) is 270 Å². The molecule has 3 heterocycles. The van der Waals surface area contributed by atoms with E-state index in [4.69, 9.17) is 0 Å². The fraction of sp³-hybridized carbons (Fsp3) is 0.324. The summed E-state index contributed by atoms with van der Waals surface area (Å²) in [6, 6.07) is 60.1. The summed E-state index contributed by atoms with van der Waals surface area (Å²) in [6.45, 7) is 29.5. The molecule has 0 saturated heterocycles. The lowest BCUT2D eigenvalue weighted by Crippen LogP contribution is -2.29. The number of rotatable bonds is 14. The normalized spacial score (nSPS) is 9.82. The Labute approximate surface area is 508 Å². The Morgan fingerprint density at radius 1 is 0.393 bits per heavy atom. The van der Waals surface area contributed by atoms with E-state index in [0.29, 0.717) is 29.8 Å². The molecule has 6 aromatic carbocycles. The molecule has 0 unspecified atom stereocenters. The van der Waals surface area contributed by atoms with E-state index in [1.165, 1.54) is 27.5 Å². The lowest BCUT2D eigenvalue weighted by Gasteiger charge is -2.14. The van der Waals surface area contributed by atoms with E-state index in [9.17, 15) is 22.8 Å². The van der Waals surface area contributed by atoms with Crippen LogP contribution in [0.2, 0.25) is 0 Å². The molecule has 0 aliphatic heterocycles. The fourth-order valence-electron chi connectivity index (χ4n) is 8.13. The molecule has 0 spiro atoms. The van der Waals surface area contributed by atoms with Crippen molar-refractivity contribution < 1.29 is 8.42 Å². The topological polar surface area (TPSA) is 139 Å². The Morgan fingerprint density at radius 2 is 0.702 bits per heavy atom. The first kappa shape index (κ1) is 74.3. The molecule has 11 nitrogen and oxygen atoms in total. The summed E-state index contributed by atoms with van der Waals surface area (Å²) < 4.78 is 29.1. The molecule has 9 rings (SSSR count). The van der Waals surface area contributed by atoms with Crippen LogP contribution in [0.15, 0.2) is 213 Å². The Bertz CT molecular complexity index is 3500. The second-order valence-electron chi connectivity index (χ2n) is 17.1. The van der Waals surface area contributed by atoms with Crippen LogP contribution in [0.5, 0.6) is 0 Å². The predicted molar refractivity (Wildman–Crippen MR) is 358 cm³/mol. The molecular weight excluding hydrogens is 1080 g/mol. The molecule has 0 radical (unpaired) electrons. The summed E-state index contributed by atoms with van der Waals surface area (Å²) in [7, 11) is -3.67. The van der Waals surface area contributed by atoms with E-state index in [0.717, 1.165) is 76.8 Å². The number of aryl methyl sites for hydroxylation is 7. The van der Waals surface area contributed by atoms with Crippen LogP contribution >= 0.6 is 11.8 Å². The number of para-hydroxylation sites is 3. The Hall–Kier alpha value is -7.74. The van der Waals surface area contributed by atoms with Gasteiger partial charge in [0, 0.05) is 29.1 Å². The summed E-state index contributed by atoms with van der Waals surface area (Å²) in [6.07, 6.45) is 7.53. The van der Waals surface area contributed by atoms with Crippen molar-refractivity contribution in [2.45, 2.75) is 153 Å². The zero-order chi connectivity index (χ0) is 63.0. The van der Waals surface area contributed by atoms with Crippen LogP contribution in [0.4, 0.5) is 0 Å². The fourth-order valence-corrected chi connectivity index (χ4v) is 9.52. The third kappa shape index (κ3) is 23.1. The molecule has 0 bridgehead atoms. The van der Waals surface area contributed by atoms with Gasteiger partial charge in [0.15, 0.2) is 5.16 Å². The molecule has 0 N–H and O–H groups in total. The van der Waals surface area contributed by atoms with E-state index in [1.54, 1.807) is 46.4 Å². The van der Waals surface area contributed by atoms with Gasteiger partial charge in [-0.1, -0.05) is 240 Å². The minimum atomic E-state index is -3.67. The number of nitrogens with zero attached hydrogens (tertiary/aromatic N) is 6. The van der Waals surface area contributed by atoms with E-state index in [2.05, 4.69) is 39.2 Å². The maximum absolute atomic E-state index is 12.9. The van der Waals surface area contributed by atoms with Crippen molar-refractivity contribution in [3.63, 3.8) is 0 Å². The summed E-state index contributed by atoms with van der Waals surface area (Å²) >= 11 is 1.49. The molecule has 0 saturated carbocycles. The van der Waals surface area contributed by atoms with Gasteiger partial charge < -0.3 is 0 Å². The van der Waals surface area contributed by atoms with Crippen molar-refractivity contribution in [2.75, 3.05) is 12.5 Å². The molecular formula is C71H94N6O5S2. The summed E-state index contributed by atoms with van der Waals surface area (Å²) in [4.78, 5) is 51.9. The number of sulfone groups is 1. The van der Waals surface area contributed by atoms with Gasteiger partial charge in [-0.3, -0.25) is 28.1 Å². The van der Waals surface area contributed by atoms with E-state index in [-0.39, 0.29) is 21.8 Å². The van der Waals surface area contributed by atoms with Crippen LogP contribution < -0.4 is 16.7 Å². The van der Waals surface area contributed by atoms with Crippen LogP contribution in [0.1, 0.15) is 134 Å². The number of hydrogen-bond donors (Lipinski definition) is 0. The zero-order valence-electron chi connectivity index (χ0n) is 53.2. The van der Waals surface area contributed by atoms with Gasteiger partial charge in [0.25, 0.3) is 16.7 Å². The molecule has 0 aliphatic carbocycles. The lowest BCUT2D eigenvalue weighted by molar-refractivity contribution is 0.581. The van der Waals surface area contributed by atoms with E-state index >= 15 is 0 Å². The first-order valence-corrected chi connectivity index (χ1v) is 32.8. The smallest absolute Gasteiger partial charge is 0.262 e. The van der Waals surface area contributed by atoms with Gasteiger partial charge in [-0.2, -0.15) is 0 Å². The maximum atomic E-state index is 12.9. The van der Waals surface area contributed by atoms with Crippen molar-refractivity contribution in [1.82, 2.24) is 28.7 Å². The van der Waals surface area contributed by atoms with Gasteiger partial charge in [0.2, 0.25) is 15.0 Å². The molecule has 0 aliphatic rings. The molecule has 0 atom stereocenters. The third-order valence-electron chi connectivity index (χ3n) is 12.0. The maximum Gasteiger partial charge on any atom is 0.262 e. The van der Waals surface area contributed by atoms with Crippen LogP contribution in [-0.2, 0) is 48.4 Å². The second-order valence-corrected chi connectivity index (χ2v) is 19.8. The minimum absolute atomic E-state index is 0.0201. The molecule has 3 aromatic heterocycles. The number of benzene rings is 6. The van der Waals surface area contributed by atoms with Gasteiger partial charge in [-0.15, -0.1) is 0 Å². The monoisotopic (exact) mass is 1170 g/mol. The van der Waals surface area contributed by atoms with Crippen molar-refractivity contribution in [1.29, 1.82) is 0 Å². The average Bonchev–Trinajstić information content (AvgIpc) is 2.08. The summed E-state index contributed by atoms with van der Waals surface area (Å²) in [5, 5.41) is 0.508. The van der Waals surface area contributed by atoms with E-state index in [1.807, 2.05) is 237 Å². The Kier molecular flexibility index (Phi) is 37.2. The minimum Gasteiger partial charge on any atom is -0.269 e. The van der Waals surface area contributed by atoms with Gasteiger partial charge in [-0.25, -0.2) is 23.4 Å². The highest BCUT2D eigenvalue weighted by atomic mass is 32.2. The third-order valence-corrected chi connectivity index (χ3v) is 13.5. The van der Waals surface area contributed by atoms with Gasteiger partial charge in [0.1, 0.15) is 5.82 Å². The van der Waals surface area contributed by atoms with Crippen LogP contribution in [-0.4, -0.2) is 49.6 Å². The van der Waals surface area contributed by atoms with Crippen molar-refractivity contribution in [3.8, 4) is 17.1 Å². The zero-order valence-corrected chi connectivity index (χ0v) is 54.8. The number of aromatic nitrogens is 6. The highest BCUT2D eigenvalue weighted by Gasteiger charge is 2.22. The summed E-state index contributed by atoms with van der Waals surface area (Å²) in [5.74, 6) is 0.731. The molecule has 9 aromatic rings. The van der Waals surface area contributed by atoms with Gasteiger partial charge >= 0.3 is 0 Å². The standard InChI is InChI=1S/C20H20N2O3S.C20H20N2O.C19H18N2OS.6C2H6/c1-15-18(14-13-16-9-5-3-6-10-16)21-20(26(2,24)25)22(19(15)23)17-11-7-4-8-12-17;1-15-19(14-13-17-9-5-3-6-10-17)21-16(2)22(20(15)23)18-11-7-4-8-12-18;1-23-19-20-16(13-12-15-8-4-2-5-9-15)14-18(22)21(19)17-10-6-3-7-11-17;6*1-2/h3-12H,13-14H2,1-2H3;3-12H,13-14H2,1-2H3;2-11,14H,12-13H2,1H3;6*1-2H3. The number of hydrogen-bond acceptors (Lipinski definition) is 9. The van der Waals surface area contributed by atoms with Crippen LogP contribution in [0.25, 0.3) is 17.1 Å². The average molecular weight is 1180 g/mol. The summed E-state index contributed by atoms with van der Waals surface area (Å²) in [5.41, 5.74) is 8.93. The largest absolute Gasteiger partial charge is 0.269 e. The Morgan fingerprint density at radius 3 is 1.06 bits per heavy atom. The lowest BCUT2D eigenvalue weighted by atomic mass is 10.1. The molecule has 450 valence electrons. The van der Waals surface area contributed by atoms with Gasteiger partial charge in [0.05, 0.1) is 28.5 Å². The first-order chi connectivity index (χ1) is 40.8. The number of thioether (sulfide) groups is 1. The van der Waals surface area contributed by atoms with E-state index < -0.39 is 9.84 Å². The van der Waals surface area contributed by atoms with Crippen LogP contribution in [0, 0.1) is 20.8 Å². The molecule has 0 fully saturated rings. The highest BCUT2D eigenvalue weighted by Crippen LogP contribution is 2.19. The van der Waals surface area contributed by atoms with Crippen molar-refractivity contribution in [2.24, 2.45) is 0 Å². The second kappa shape index (κ2) is 42.1. The molecule has 13 heteroatoms. The Balaban J connectivity index is 0.000000578. The van der Waals surface area contributed by atoms with Crippen LogP contribution in [0.3, 0.4) is 0 Å². The van der Waals surface area contributed by atoms with Gasteiger partial charge in [-0.05, 0) is 119 Å². The van der Waals surface area contributed by atoms with Crippen molar-refractivity contribution >= 4 is 21.6 Å². The molecule has 84 heavy (non-hydrogen) atoms. The predicted octanol–water partition coefficient (Wildman–Crippen LogP) is 16.3. The quantitative estimate of drug-likeness (QED) is 0.0769. The molecule has 0 amide bonds. The first-order valence-electron chi connectivity index (χ1n) is 29.7.